The van der Waals surface area contributed by atoms with Crippen LogP contribution < -0.4 is 22.9 Å². The number of hydrogen-bond donors (Lipinski definition) is 8. The van der Waals surface area contributed by atoms with E-state index in [-0.39, 0.29) is 0 Å². The van der Waals surface area contributed by atoms with Gasteiger partial charge in [-0.3, -0.25) is 14.4 Å². The number of carboxylic acids is 3. The number of hydrogen-bond acceptors (Lipinski definition) is 9. The van der Waals surface area contributed by atoms with E-state index in [1.54, 1.807) is 11.8 Å². The Morgan fingerprint density at radius 2 is 1.28 bits per heavy atom. The number of aliphatic carboxylic acids is 3. The summed E-state index contributed by atoms with van der Waals surface area (Å²) in [6.07, 6.45) is 3.62. The van der Waals surface area contributed by atoms with Crippen LogP contribution in [-0.2, 0) is 14.4 Å². The van der Waals surface area contributed by atoms with Crippen LogP contribution in [0.3, 0.4) is 0 Å². The summed E-state index contributed by atoms with van der Waals surface area (Å²) in [5, 5.41) is 32.4. The van der Waals surface area contributed by atoms with Crippen molar-refractivity contribution in [2.75, 3.05) is 25.2 Å². The van der Waals surface area contributed by atoms with Crippen molar-refractivity contribution >= 4 is 29.7 Å². The first-order valence-corrected chi connectivity index (χ1v) is 8.69. The molecule has 0 saturated heterocycles. The Morgan fingerprint density at radius 1 is 0.880 bits per heavy atom. The van der Waals surface area contributed by atoms with E-state index < -0.39 is 42.6 Å². The number of nitrogens with two attached hydrogens (primary N) is 4. The van der Waals surface area contributed by atoms with Crippen LogP contribution in [0.4, 0.5) is 0 Å². The van der Waals surface area contributed by atoms with Crippen LogP contribution in [0.25, 0.3) is 0 Å². The predicted molar refractivity (Wildman–Crippen MR) is 95.2 cm³/mol. The molecule has 0 fully saturated rings. The van der Waals surface area contributed by atoms with Crippen molar-refractivity contribution in [3.05, 3.63) is 0 Å². The van der Waals surface area contributed by atoms with E-state index in [1.807, 2.05) is 6.26 Å². The molecule has 0 aromatic carbocycles. The highest BCUT2D eigenvalue weighted by molar-refractivity contribution is 7.98. The van der Waals surface area contributed by atoms with Crippen LogP contribution in [-0.4, -0.2) is 81.6 Å². The molecule has 0 aliphatic carbocycles. The molecular weight excluding hydrogens is 356 g/mol. The summed E-state index contributed by atoms with van der Waals surface area (Å²) in [6.45, 7) is -0.00366. The highest BCUT2D eigenvalue weighted by atomic mass is 32.2. The van der Waals surface area contributed by atoms with Gasteiger partial charge in [-0.25, -0.2) is 0 Å². The Hall–Kier alpha value is -1.44. The van der Waals surface area contributed by atoms with E-state index in [4.69, 9.17) is 43.4 Å². The lowest BCUT2D eigenvalue weighted by Crippen LogP contribution is -2.33. The second-order valence-electron chi connectivity index (χ2n) is 4.73. The van der Waals surface area contributed by atoms with Gasteiger partial charge in [0.2, 0.25) is 0 Å². The Kier molecular flexibility index (Phi) is 21.4. The van der Waals surface area contributed by atoms with Gasteiger partial charge in [0.25, 0.3) is 0 Å². The van der Waals surface area contributed by atoms with Gasteiger partial charge < -0.3 is 43.4 Å². The van der Waals surface area contributed by atoms with Crippen LogP contribution in [0, 0.1) is 0 Å². The van der Waals surface area contributed by atoms with E-state index >= 15 is 0 Å². The standard InChI is InChI=1S/C5H12N2O2.C5H11NO2S.C3H7NO3/c6-3-1-2-4(7)5(8)9;1-9-3-2-4(6)5(7)8;4-2(1-5)3(6)7/h4H,1-3,6-7H2,(H,8,9);4H,2-3,6H2,1H3,(H,7,8);2,5H,1,4H2,(H,6,7)/t2*4-;2-/m000/s1. The second kappa shape index (κ2) is 18.9. The van der Waals surface area contributed by atoms with Gasteiger partial charge in [-0.1, -0.05) is 0 Å². The first-order chi connectivity index (χ1) is 11.5. The second-order valence-corrected chi connectivity index (χ2v) is 5.71. The number of aliphatic hydroxyl groups is 1. The van der Waals surface area contributed by atoms with Crippen molar-refractivity contribution in [2.24, 2.45) is 22.9 Å². The van der Waals surface area contributed by atoms with Gasteiger partial charge in [-0.05, 0) is 37.8 Å². The molecule has 0 aromatic heterocycles. The fourth-order valence-electron chi connectivity index (χ4n) is 0.908. The Balaban J connectivity index is -0.000000293. The lowest BCUT2D eigenvalue weighted by Gasteiger charge is -2.02. The van der Waals surface area contributed by atoms with Gasteiger partial charge >= 0.3 is 17.9 Å². The monoisotopic (exact) mass is 386 g/mol. The quantitative estimate of drug-likeness (QED) is 0.197. The molecule has 0 aliphatic heterocycles. The van der Waals surface area contributed by atoms with E-state index in [1.165, 1.54) is 0 Å². The SMILES string of the molecule is CSCC[C@H](N)C(=O)O.NCCC[C@H](N)C(=O)O.N[C@@H](CO)C(=O)O. The molecule has 0 radical (unpaired) electrons. The highest BCUT2D eigenvalue weighted by Crippen LogP contribution is 1.97. The van der Waals surface area contributed by atoms with Gasteiger partial charge in [0.15, 0.2) is 0 Å². The smallest absolute Gasteiger partial charge is 0.322 e. The van der Waals surface area contributed by atoms with Crippen molar-refractivity contribution in [1.82, 2.24) is 0 Å². The maximum absolute atomic E-state index is 10.1. The Labute approximate surface area is 150 Å². The summed E-state index contributed by atoms with van der Waals surface area (Å²) >= 11 is 1.60. The summed E-state index contributed by atoms with van der Waals surface area (Å²) < 4.78 is 0. The van der Waals surface area contributed by atoms with Crippen LogP contribution in [0.1, 0.15) is 19.3 Å². The molecule has 0 aromatic rings. The third-order valence-corrected chi connectivity index (χ3v) is 3.14. The van der Waals surface area contributed by atoms with E-state index in [0.717, 1.165) is 5.75 Å². The molecule has 0 aliphatic rings. The Morgan fingerprint density at radius 3 is 1.52 bits per heavy atom. The van der Waals surface area contributed by atoms with Crippen LogP contribution >= 0.6 is 11.8 Å². The van der Waals surface area contributed by atoms with E-state index in [0.29, 0.717) is 25.8 Å². The number of thioether (sulfide) groups is 1. The number of aliphatic hydroxyl groups excluding tert-OH is 1. The lowest BCUT2D eigenvalue weighted by molar-refractivity contribution is -0.140. The largest absolute Gasteiger partial charge is 0.480 e. The zero-order valence-corrected chi connectivity index (χ0v) is 15.0. The molecule has 0 bridgehead atoms. The zero-order chi connectivity index (χ0) is 20.4. The molecule has 0 spiro atoms. The molecule has 12 N–H and O–H groups in total. The van der Waals surface area contributed by atoms with Crippen LogP contribution in [0.5, 0.6) is 0 Å². The minimum atomic E-state index is -1.18. The molecule has 150 valence electrons. The maximum Gasteiger partial charge on any atom is 0.322 e. The molecule has 0 unspecified atom stereocenters. The third-order valence-electron chi connectivity index (χ3n) is 2.50. The minimum absolute atomic E-state index is 0.464. The fourth-order valence-corrected chi connectivity index (χ4v) is 1.40. The van der Waals surface area contributed by atoms with E-state index in [2.05, 4.69) is 0 Å². The lowest BCUT2D eigenvalue weighted by atomic mass is 10.2. The van der Waals surface area contributed by atoms with Gasteiger partial charge in [-0.15, -0.1) is 0 Å². The van der Waals surface area contributed by atoms with Crippen molar-refractivity contribution in [1.29, 1.82) is 0 Å². The molecule has 0 heterocycles. The van der Waals surface area contributed by atoms with Crippen molar-refractivity contribution in [3.63, 3.8) is 0 Å². The van der Waals surface area contributed by atoms with Crippen LogP contribution in [0.15, 0.2) is 0 Å². The third kappa shape index (κ3) is 22.6. The normalized spacial score (nSPS) is 13.2. The predicted octanol–water partition coefficient (Wildman–Crippen LogP) is -2.32. The molecule has 11 nitrogen and oxygen atoms in total. The highest BCUT2D eigenvalue weighted by Gasteiger charge is 2.09. The van der Waals surface area contributed by atoms with Gasteiger partial charge in [0, 0.05) is 0 Å². The van der Waals surface area contributed by atoms with Crippen molar-refractivity contribution in [3.8, 4) is 0 Å². The van der Waals surface area contributed by atoms with Gasteiger partial charge in [0.05, 0.1) is 6.61 Å². The molecule has 0 saturated carbocycles. The number of rotatable bonds is 10. The number of carbonyl (C=O) groups is 3. The summed E-state index contributed by atoms with van der Waals surface area (Å²) in [5.74, 6) is -2.23. The fraction of sp³-hybridized carbons (Fsp3) is 0.769. The summed E-state index contributed by atoms with van der Waals surface area (Å²) in [4.78, 5) is 29.8. The molecule has 0 amide bonds. The van der Waals surface area contributed by atoms with Crippen LogP contribution in [0.2, 0.25) is 0 Å². The average Bonchev–Trinajstić information content (AvgIpc) is 2.57. The van der Waals surface area contributed by atoms with E-state index in [9.17, 15) is 14.4 Å². The van der Waals surface area contributed by atoms with Crippen molar-refractivity contribution in [2.45, 2.75) is 37.4 Å². The average molecular weight is 386 g/mol. The minimum Gasteiger partial charge on any atom is -0.480 e. The molecule has 0 rings (SSSR count). The molecule has 12 heteroatoms. The first-order valence-electron chi connectivity index (χ1n) is 7.30. The maximum atomic E-state index is 10.1. The molecule has 3 atom stereocenters. The summed E-state index contributed by atoms with van der Waals surface area (Å²) in [5.41, 5.74) is 20.2. The number of carboxylic acid groups (broad SMARTS) is 3. The van der Waals surface area contributed by atoms with Crippen molar-refractivity contribution < 1.29 is 34.8 Å². The molecule has 25 heavy (non-hydrogen) atoms. The molecular formula is C13H30N4O7S. The topological polar surface area (TPSA) is 236 Å². The zero-order valence-electron chi connectivity index (χ0n) is 14.2. The Bertz CT molecular complexity index is 350. The summed E-state index contributed by atoms with van der Waals surface area (Å²) in [7, 11) is 0. The van der Waals surface area contributed by atoms with Gasteiger partial charge in [0.1, 0.15) is 18.1 Å². The van der Waals surface area contributed by atoms with Gasteiger partial charge in [-0.2, -0.15) is 11.8 Å². The first kappa shape index (κ1) is 28.4. The summed E-state index contributed by atoms with van der Waals surface area (Å²) in [6, 6.07) is -2.55.